The van der Waals surface area contributed by atoms with Gasteiger partial charge < -0.3 is 13.6 Å². The molecule has 0 aliphatic carbocycles. The van der Waals surface area contributed by atoms with Crippen LogP contribution in [0.1, 0.15) is 0 Å². The first-order chi connectivity index (χ1) is 35.2. The molecule has 0 saturated heterocycles. The minimum atomic E-state index is 0.572. The Labute approximate surface area is 407 Å². The summed E-state index contributed by atoms with van der Waals surface area (Å²) in [5.41, 5.74) is 13.0. The van der Waals surface area contributed by atoms with Gasteiger partial charge in [0.2, 0.25) is 0 Å². The van der Waals surface area contributed by atoms with Crippen molar-refractivity contribution in [3.05, 3.63) is 237 Å². The van der Waals surface area contributed by atoms with Gasteiger partial charge in [0.25, 0.3) is 0 Å². The number of furan rings is 1. The fourth-order valence-electron chi connectivity index (χ4n) is 11.1. The van der Waals surface area contributed by atoms with Gasteiger partial charge in [-0.2, -0.15) is 0 Å². The van der Waals surface area contributed by atoms with Crippen LogP contribution in [0.5, 0.6) is 0 Å². The number of hydrogen-bond acceptors (Lipinski definition) is 4. The van der Waals surface area contributed by atoms with Gasteiger partial charge in [-0.3, -0.25) is 0 Å². The maximum absolute atomic E-state index is 6.84. The number of hydrogen-bond donors (Lipinski definition) is 0. The second kappa shape index (κ2) is 15.4. The predicted molar refractivity (Wildman–Crippen MR) is 293 cm³/mol. The highest BCUT2D eigenvalue weighted by atomic mass is 16.3. The van der Waals surface area contributed by atoms with Gasteiger partial charge in [-0.15, -0.1) is 0 Å². The summed E-state index contributed by atoms with van der Waals surface area (Å²) < 4.78 is 11.6. The highest BCUT2D eigenvalue weighted by molar-refractivity contribution is 6.20. The Morgan fingerprint density at radius 3 is 1.68 bits per heavy atom. The van der Waals surface area contributed by atoms with Gasteiger partial charge >= 0.3 is 0 Å². The lowest BCUT2D eigenvalue weighted by atomic mass is 9.93. The number of fused-ring (bicyclic) bond motifs is 12. The lowest BCUT2D eigenvalue weighted by Crippen LogP contribution is -2.02. The zero-order chi connectivity index (χ0) is 46.6. The zero-order valence-electron chi connectivity index (χ0n) is 38.2. The summed E-state index contributed by atoms with van der Waals surface area (Å²) in [6, 6.07) is 83.9. The topological polar surface area (TPSA) is 61.7 Å². The number of rotatable bonds is 6. The molecule has 0 atom stereocenters. The molecule has 0 radical (unpaired) electrons. The van der Waals surface area contributed by atoms with Crippen LogP contribution in [-0.2, 0) is 0 Å². The van der Waals surface area contributed by atoms with E-state index in [-0.39, 0.29) is 0 Å². The summed E-state index contributed by atoms with van der Waals surface area (Å²) >= 11 is 0. The molecule has 4 aromatic heterocycles. The fourth-order valence-corrected chi connectivity index (χ4v) is 11.1. The van der Waals surface area contributed by atoms with Crippen molar-refractivity contribution in [1.29, 1.82) is 0 Å². The van der Waals surface area contributed by atoms with Crippen molar-refractivity contribution in [2.75, 3.05) is 0 Å². The molecule has 71 heavy (non-hydrogen) atoms. The average Bonchev–Trinajstić information content (AvgIpc) is 4.10. The Balaban J connectivity index is 1.02. The summed E-state index contributed by atoms with van der Waals surface area (Å²) in [7, 11) is 0. The van der Waals surface area contributed by atoms with Crippen molar-refractivity contribution < 1.29 is 4.42 Å². The predicted octanol–water partition coefficient (Wildman–Crippen LogP) is 16.9. The molecular weight excluding hydrogens is 867 g/mol. The largest absolute Gasteiger partial charge is 0.455 e. The number of aromatic nitrogens is 5. The normalized spacial score (nSPS) is 11.9. The standard InChI is InChI=1S/C65H39N5O/c1-3-17-41(18-4-1)63-66-64(44-31-33-50-48-24-11-13-27-56(48)69(58(50)38-44)45-21-5-2-6-22-45)68-65(67-63)52-35-32-46(70-57-28-14-12-25-49(57)55-36-42-19-7-8-20-43(42)37-59(55)70)39-54(52)51-26-15-29-60-61(51)53-34-30-40-16-9-10-23-47(40)62(53)71-60/h1-39H. The van der Waals surface area contributed by atoms with E-state index in [1.54, 1.807) is 0 Å². The van der Waals surface area contributed by atoms with Crippen molar-refractivity contribution in [2.45, 2.75) is 0 Å². The number of para-hydroxylation sites is 3. The lowest BCUT2D eigenvalue weighted by Gasteiger charge is -2.16. The Morgan fingerprint density at radius 2 is 0.887 bits per heavy atom. The third-order valence-electron chi connectivity index (χ3n) is 14.3. The van der Waals surface area contributed by atoms with E-state index in [1.165, 1.54) is 26.9 Å². The van der Waals surface area contributed by atoms with Gasteiger partial charge in [-0.1, -0.05) is 164 Å². The molecule has 6 nitrogen and oxygen atoms in total. The van der Waals surface area contributed by atoms with E-state index in [9.17, 15) is 0 Å². The Morgan fingerprint density at radius 1 is 0.296 bits per heavy atom. The Kier molecular flexibility index (Phi) is 8.56. The summed E-state index contributed by atoms with van der Waals surface area (Å²) in [5.74, 6) is 1.75. The molecule has 0 fully saturated rings. The molecule has 330 valence electrons. The molecule has 0 aliphatic rings. The molecule has 15 aromatic rings. The second-order valence-electron chi connectivity index (χ2n) is 18.3. The van der Waals surface area contributed by atoms with Gasteiger partial charge in [-0.25, -0.2) is 15.0 Å². The minimum Gasteiger partial charge on any atom is -0.455 e. The molecular formula is C65H39N5O. The van der Waals surface area contributed by atoms with E-state index in [1.807, 2.05) is 18.2 Å². The zero-order valence-corrected chi connectivity index (χ0v) is 38.2. The van der Waals surface area contributed by atoms with Crippen LogP contribution in [-0.4, -0.2) is 24.1 Å². The highest BCUT2D eigenvalue weighted by Gasteiger charge is 2.23. The van der Waals surface area contributed by atoms with Gasteiger partial charge in [0.15, 0.2) is 17.5 Å². The van der Waals surface area contributed by atoms with Crippen LogP contribution in [0.15, 0.2) is 241 Å². The molecule has 6 heteroatoms. The molecule has 11 aromatic carbocycles. The maximum atomic E-state index is 6.84. The molecule has 0 unspecified atom stereocenters. The van der Waals surface area contributed by atoms with E-state index >= 15 is 0 Å². The van der Waals surface area contributed by atoms with Crippen LogP contribution in [0.25, 0.3) is 144 Å². The molecule has 0 aliphatic heterocycles. The molecule has 15 rings (SSSR count). The van der Waals surface area contributed by atoms with E-state index in [0.29, 0.717) is 17.5 Å². The maximum Gasteiger partial charge on any atom is 0.164 e. The Bertz CT molecular complexity index is 4640. The van der Waals surface area contributed by atoms with Crippen molar-refractivity contribution >= 4 is 87.1 Å². The molecule has 0 bridgehead atoms. The minimum absolute atomic E-state index is 0.572. The SMILES string of the molecule is c1ccc(-c2nc(-c3ccc4c5ccccc5n(-c5ccccc5)c4c3)nc(-c3ccc(-n4c5ccccc5c5cc6ccccc6cc54)cc3-c3cccc4oc5c6ccccc6ccc5c34)n2)cc1. The van der Waals surface area contributed by atoms with Crippen molar-refractivity contribution in [1.82, 2.24) is 24.1 Å². The Hall–Kier alpha value is -9.65. The summed E-state index contributed by atoms with van der Waals surface area (Å²) in [4.78, 5) is 16.1. The monoisotopic (exact) mass is 905 g/mol. The van der Waals surface area contributed by atoms with Crippen LogP contribution in [0.4, 0.5) is 0 Å². The first-order valence-corrected chi connectivity index (χ1v) is 24.0. The summed E-state index contributed by atoms with van der Waals surface area (Å²) in [5, 5.41) is 11.5. The van der Waals surface area contributed by atoms with E-state index in [2.05, 4.69) is 228 Å². The van der Waals surface area contributed by atoms with Gasteiger partial charge in [-0.05, 0) is 100 Å². The van der Waals surface area contributed by atoms with Crippen LogP contribution >= 0.6 is 0 Å². The molecule has 0 amide bonds. The highest BCUT2D eigenvalue weighted by Crippen LogP contribution is 2.45. The van der Waals surface area contributed by atoms with E-state index < -0.39 is 0 Å². The quantitative estimate of drug-likeness (QED) is 0.167. The van der Waals surface area contributed by atoms with E-state index in [0.717, 1.165) is 99.4 Å². The molecule has 4 heterocycles. The summed E-state index contributed by atoms with van der Waals surface area (Å²) in [6.07, 6.45) is 0. The second-order valence-corrected chi connectivity index (χ2v) is 18.3. The van der Waals surface area contributed by atoms with Crippen LogP contribution < -0.4 is 0 Å². The summed E-state index contributed by atoms with van der Waals surface area (Å²) in [6.45, 7) is 0. The van der Waals surface area contributed by atoms with Gasteiger partial charge in [0, 0.05) is 65.8 Å². The number of nitrogens with zero attached hydrogens (tertiary/aromatic N) is 5. The average molecular weight is 906 g/mol. The smallest absolute Gasteiger partial charge is 0.164 e. The third kappa shape index (κ3) is 6.11. The molecule has 0 saturated carbocycles. The molecule has 0 N–H and O–H groups in total. The van der Waals surface area contributed by atoms with Crippen molar-refractivity contribution in [3.8, 4) is 56.7 Å². The third-order valence-corrected chi connectivity index (χ3v) is 14.3. The van der Waals surface area contributed by atoms with Gasteiger partial charge in [0.1, 0.15) is 11.2 Å². The lowest BCUT2D eigenvalue weighted by molar-refractivity contribution is 0.673. The van der Waals surface area contributed by atoms with Crippen LogP contribution in [0, 0.1) is 0 Å². The van der Waals surface area contributed by atoms with Crippen molar-refractivity contribution in [3.63, 3.8) is 0 Å². The van der Waals surface area contributed by atoms with E-state index in [4.69, 9.17) is 19.4 Å². The van der Waals surface area contributed by atoms with Crippen LogP contribution in [0.2, 0.25) is 0 Å². The van der Waals surface area contributed by atoms with Crippen molar-refractivity contribution in [2.24, 2.45) is 0 Å². The first kappa shape index (κ1) is 39.4. The molecule has 0 spiro atoms. The number of benzene rings is 11. The van der Waals surface area contributed by atoms with Gasteiger partial charge in [0.05, 0.1) is 22.1 Å². The van der Waals surface area contributed by atoms with Crippen LogP contribution in [0.3, 0.4) is 0 Å². The fraction of sp³-hybridized carbons (Fsp3) is 0. The first-order valence-electron chi connectivity index (χ1n) is 24.0.